The van der Waals surface area contributed by atoms with E-state index in [0.717, 1.165) is 24.7 Å². The van der Waals surface area contributed by atoms with Crippen LogP contribution in [0.4, 0.5) is 0 Å². The standard InChI is InChI=1S/C18H30O2/c1-2-16-12-10-11-14-17(16)13-8-6-4-3-5-7-9-15-18(19)20/h10-12,14,16-17H,2-9,13,15H2,1H3,(H,19,20). The Balaban J connectivity index is 1.93. The van der Waals surface area contributed by atoms with Gasteiger partial charge in [0.15, 0.2) is 0 Å². The lowest BCUT2D eigenvalue weighted by Gasteiger charge is -2.22. The number of carbonyl (C=O) groups is 1. The first-order valence-corrected chi connectivity index (χ1v) is 8.30. The third-order valence-electron chi connectivity index (χ3n) is 4.28. The normalized spacial score (nSPS) is 21.2. The molecule has 0 aromatic rings. The Kier molecular flexibility index (Phi) is 9.10. The van der Waals surface area contributed by atoms with Crippen LogP contribution in [0.5, 0.6) is 0 Å². The molecule has 20 heavy (non-hydrogen) atoms. The van der Waals surface area contributed by atoms with Crippen LogP contribution < -0.4 is 0 Å². The maximum atomic E-state index is 10.4. The highest BCUT2D eigenvalue weighted by Crippen LogP contribution is 2.27. The summed E-state index contributed by atoms with van der Waals surface area (Å²) in [6.07, 6.45) is 20.3. The molecule has 1 aliphatic carbocycles. The zero-order chi connectivity index (χ0) is 14.6. The van der Waals surface area contributed by atoms with Crippen molar-refractivity contribution in [2.24, 2.45) is 11.8 Å². The van der Waals surface area contributed by atoms with Gasteiger partial charge in [-0.15, -0.1) is 0 Å². The third kappa shape index (κ3) is 7.52. The van der Waals surface area contributed by atoms with Gasteiger partial charge in [-0.3, -0.25) is 4.79 Å². The molecule has 0 amide bonds. The molecule has 0 saturated heterocycles. The van der Waals surface area contributed by atoms with Crippen molar-refractivity contribution in [1.29, 1.82) is 0 Å². The van der Waals surface area contributed by atoms with E-state index in [0.29, 0.717) is 6.42 Å². The van der Waals surface area contributed by atoms with Crippen LogP contribution in [0.15, 0.2) is 24.3 Å². The molecule has 0 fully saturated rings. The largest absolute Gasteiger partial charge is 0.481 e. The molecule has 0 saturated carbocycles. The second kappa shape index (κ2) is 10.7. The van der Waals surface area contributed by atoms with E-state index in [-0.39, 0.29) is 0 Å². The molecule has 0 radical (unpaired) electrons. The van der Waals surface area contributed by atoms with Gasteiger partial charge in [-0.1, -0.05) is 69.8 Å². The number of aliphatic carboxylic acids is 1. The zero-order valence-corrected chi connectivity index (χ0v) is 12.9. The number of hydrogen-bond donors (Lipinski definition) is 1. The summed E-state index contributed by atoms with van der Waals surface area (Å²) in [7, 11) is 0. The Labute approximate surface area is 124 Å². The molecule has 114 valence electrons. The second-order valence-electron chi connectivity index (χ2n) is 5.91. The molecule has 0 heterocycles. The highest BCUT2D eigenvalue weighted by Gasteiger charge is 2.15. The predicted molar refractivity (Wildman–Crippen MR) is 84.7 cm³/mol. The van der Waals surface area contributed by atoms with Crippen LogP contribution in [-0.2, 0) is 4.79 Å². The predicted octanol–water partition coefficient (Wildman–Crippen LogP) is 5.35. The fourth-order valence-corrected chi connectivity index (χ4v) is 2.99. The van der Waals surface area contributed by atoms with E-state index in [2.05, 4.69) is 31.2 Å². The van der Waals surface area contributed by atoms with Gasteiger partial charge in [0.2, 0.25) is 0 Å². The van der Waals surface area contributed by atoms with Gasteiger partial charge in [0.05, 0.1) is 0 Å². The summed E-state index contributed by atoms with van der Waals surface area (Å²) in [5, 5.41) is 8.54. The van der Waals surface area contributed by atoms with Crippen LogP contribution >= 0.6 is 0 Å². The topological polar surface area (TPSA) is 37.3 Å². The van der Waals surface area contributed by atoms with Crippen LogP contribution in [0, 0.1) is 11.8 Å². The molecule has 2 heteroatoms. The van der Waals surface area contributed by atoms with Crippen LogP contribution in [0.1, 0.15) is 71.1 Å². The van der Waals surface area contributed by atoms with E-state index in [9.17, 15) is 4.79 Å². The smallest absolute Gasteiger partial charge is 0.303 e. The van der Waals surface area contributed by atoms with Crippen molar-refractivity contribution in [1.82, 2.24) is 0 Å². The molecule has 2 nitrogen and oxygen atoms in total. The van der Waals surface area contributed by atoms with Crippen molar-refractivity contribution in [2.75, 3.05) is 0 Å². The molecule has 1 aliphatic rings. The summed E-state index contributed by atoms with van der Waals surface area (Å²) in [6.45, 7) is 2.28. The molecule has 0 aliphatic heterocycles. The van der Waals surface area contributed by atoms with Gasteiger partial charge in [-0.25, -0.2) is 0 Å². The van der Waals surface area contributed by atoms with Gasteiger partial charge in [0, 0.05) is 6.42 Å². The van der Waals surface area contributed by atoms with Crippen LogP contribution in [-0.4, -0.2) is 11.1 Å². The number of unbranched alkanes of at least 4 members (excludes halogenated alkanes) is 6. The van der Waals surface area contributed by atoms with Gasteiger partial charge in [0.1, 0.15) is 0 Å². The lowest BCUT2D eigenvalue weighted by molar-refractivity contribution is -0.137. The number of carboxylic acids is 1. The summed E-state index contributed by atoms with van der Waals surface area (Å²) in [4.78, 5) is 10.4. The van der Waals surface area contributed by atoms with Gasteiger partial charge in [-0.05, 0) is 31.1 Å². The van der Waals surface area contributed by atoms with E-state index in [4.69, 9.17) is 5.11 Å². The Morgan fingerprint density at radius 2 is 1.45 bits per heavy atom. The van der Waals surface area contributed by atoms with Crippen molar-refractivity contribution in [3.63, 3.8) is 0 Å². The Morgan fingerprint density at radius 1 is 0.900 bits per heavy atom. The van der Waals surface area contributed by atoms with Crippen molar-refractivity contribution < 1.29 is 9.90 Å². The van der Waals surface area contributed by atoms with E-state index >= 15 is 0 Å². The fraction of sp³-hybridized carbons (Fsp3) is 0.722. The minimum absolute atomic E-state index is 0.333. The van der Waals surface area contributed by atoms with Gasteiger partial charge < -0.3 is 5.11 Å². The molecule has 0 spiro atoms. The lowest BCUT2D eigenvalue weighted by Crippen LogP contribution is -2.11. The van der Waals surface area contributed by atoms with Crippen LogP contribution in [0.2, 0.25) is 0 Å². The highest BCUT2D eigenvalue weighted by atomic mass is 16.4. The average Bonchev–Trinajstić information content (AvgIpc) is 2.45. The summed E-state index contributed by atoms with van der Waals surface area (Å²) in [5.74, 6) is 0.835. The van der Waals surface area contributed by atoms with Crippen molar-refractivity contribution in [2.45, 2.75) is 71.1 Å². The highest BCUT2D eigenvalue weighted by molar-refractivity contribution is 5.66. The maximum Gasteiger partial charge on any atom is 0.303 e. The van der Waals surface area contributed by atoms with Crippen molar-refractivity contribution in [3.05, 3.63) is 24.3 Å². The molecular formula is C18H30O2. The van der Waals surface area contributed by atoms with E-state index < -0.39 is 5.97 Å². The Morgan fingerprint density at radius 3 is 2.05 bits per heavy atom. The minimum atomic E-state index is -0.662. The molecule has 0 aromatic heterocycles. The summed E-state index contributed by atoms with van der Waals surface area (Å²) < 4.78 is 0. The van der Waals surface area contributed by atoms with E-state index in [1.54, 1.807) is 0 Å². The first kappa shape index (κ1) is 17.0. The molecule has 2 unspecified atom stereocenters. The quantitative estimate of drug-likeness (QED) is 0.517. The van der Waals surface area contributed by atoms with Crippen LogP contribution in [0.25, 0.3) is 0 Å². The fourth-order valence-electron chi connectivity index (χ4n) is 2.99. The minimum Gasteiger partial charge on any atom is -0.481 e. The van der Waals surface area contributed by atoms with Crippen molar-refractivity contribution in [3.8, 4) is 0 Å². The number of allylic oxidation sites excluding steroid dienone is 4. The number of hydrogen-bond acceptors (Lipinski definition) is 1. The molecular weight excluding hydrogens is 248 g/mol. The zero-order valence-electron chi connectivity index (χ0n) is 12.9. The first-order chi connectivity index (χ1) is 9.74. The van der Waals surface area contributed by atoms with Crippen molar-refractivity contribution >= 4 is 5.97 Å². The second-order valence-corrected chi connectivity index (χ2v) is 5.91. The Bertz CT molecular complexity index is 317. The maximum absolute atomic E-state index is 10.4. The average molecular weight is 278 g/mol. The van der Waals surface area contributed by atoms with Gasteiger partial charge >= 0.3 is 5.97 Å². The Hall–Kier alpha value is -1.05. The third-order valence-corrected chi connectivity index (χ3v) is 4.28. The molecule has 0 aromatic carbocycles. The summed E-state index contributed by atoms with van der Waals surface area (Å²) >= 11 is 0. The molecule has 1 rings (SSSR count). The van der Waals surface area contributed by atoms with Gasteiger partial charge in [0.25, 0.3) is 0 Å². The SMILES string of the molecule is CCC1C=CC=CC1CCCCCCCCCC(=O)O. The first-order valence-electron chi connectivity index (χ1n) is 8.30. The monoisotopic (exact) mass is 278 g/mol. The molecule has 0 bridgehead atoms. The molecule has 1 N–H and O–H groups in total. The van der Waals surface area contributed by atoms with Crippen LogP contribution in [0.3, 0.4) is 0 Å². The van der Waals surface area contributed by atoms with E-state index in [1.165, 1.54) is 44.9 Å². The summed E-state index contributed by atoms with van der Waals surface area (Å²) in [6, 6.07) is 0. The van der Waals surface area contributed by atoms with Gasteiger partial charge in [-0.2, -0.15) is 0 Å². The van der Waals surface area contributed by atoms with E-state index in [1.807, 2.05) is 0 Å². The molecule has 2 atom stereocenters. The lowest BCUT2D eigenvalue weighted by atomic mass is 9.83. The summed E-state index contributed by atoms with van der Waals surface area (Å²) in [5.41, 5.74) is 0. The number of carboxylic acid groups (broad SMARTS) is 1. The number of rotatable bonds is 11.